The fraction of sp³-hybridized carbons (Fsp3) is 0.368. The van der Waals surface area contributed by atoms with Crippen LogP contribution < -0.4 is 10.1 Å². The molecule has 0 heterocycles. The topological polar surface area (TPSA) is 55.4 Å². The molecule has 2 aromatic carbocycles. The molecule has 0 spiro atoms. The van der Waals surface area contributed by atoms with Gasteiger partial charge in [-0.1, -0.05) is 31.2 Å². The molecular formula is C19H24ClF2NO3S. The van der Waals surface area contributed by atoms with Crippen LogP contribution in [0.4, 0.5) is 8.78 Å². The van der Waals surface area contributed by atoms with Gasteiger partial charge in [0.05, 0.1) is 5.75 Å². The molecule has 2 aromatic rings. The second-order valence-electron chi connectivity index (χ2n) is 6.34. The number of ether oxygens (including phenoxy) is 1. The summed E-state index contributed by atoms with van der Waals surface area (Å²) in [6, 6.07) is 11.0. The van der Waals surface area contributed by atoms with Gasteiger partial charge in [0.2, 0.25) is 0 Å². The second-order valence-corrected chi connectivity index (χ2v) is 8.52. The van der Waals surface area contributed by atoms with E-state index < -0.39 is 21.5 Å². The Hall–Kier alpha value is -1.70. The van der Waals surface area contributed by atoms with Crippen molar-refractivity contribution in [2.75, 3.05) is 25.2 Å². The lowest BCUT2D eigenvalue weighted by Crippen LogP contribution is -2.20. The summed E-state index contributed by atoms with van der Waals surface area (Å²) in [6.07, 6.45) is 1.24. The van der Waals surface area contributed by atoms with Gasteiger partial charge in [0.25, 0.3) is 0 Å². The number of benzene rings is 2. The lowest BCUT2D eigenvalue weighted by molar-refractivity contribution is 0.297. The van der Waals surface area contributed by atoms with E-state index in [1.54, 1.807) is 0 Å². The Morgan fingerprint density at radius 2 is 1.78 bits per heavy atom. The van der Waals surface area contributed by atoms with E-state index in [4.69, 9.17) is 4.74 Å². The van der Waals surface area contributed by atoms with Crippen LogP contribution in [0.15, 0.2) is 42.5 Å². The first-order chi connectivity index (χ1) is 12.2. The molecule has 0 saturated carbocycles. The molecule has 0 amide bonds. The molecule has 0 bridgehead atoms. The maximum Gasteiger partial charge on any atom is 0.167 e. The summed E-state index contributed by atoms with van der Waals surface area (Å²) < 4.78 is 54.2. The highest BCUT2D eigenvalue weighted by atomic mass is 35.5. The van der Waals surface area contributed by atoms with Gasteiger partial charge in [-0.25, -0.2) is 17.2 Å². The highest BCUT2D eigenvalue weighted by Gasteiger charge is 2.12. The van der Waals surface area contributed by atoms with E-state index >= 15 is 0 Å². The summed E-state index contributed by atoms with van der Waals surface area (Å²) in [4.78, 5) is 0. The van der Waals surface area contributed by atoms with Gasteiger partial charge in [-0.3, -0.25) is 0 Å². The highest BCUT2D eigenvalue weighted by molar-refractivity contribution is 7.90. The van der Waals surface area contributed by atoms with Crippen molar-refractivity contribution < 1.29 is 21.9 Å². The normalized spacial score (nSPS) is 12.3. The van der Waals surface area contributed by atoms with Crippen LogP contribution in [-0.2, 0) is 16.4 Å². The molecule has 150 valence electrons. The average molecular weight is 420 g/mol. The Morgan fingerprint density at radius 3 is 2.37 bits per heavy atom. The van der Waals surface area contributed by atoms with E-state index in [9.17, 15) is 17.2 Å². The Morgan fingerprint density at radius 1 is 1.11 bits per heavy atom. The van der Waals surface area contributed by atoms with Gasteiger partial charge < -0.3 is 10.1 Å². The number of hydrogen-bond acceptors (Lipinski definition) is 4. The van der Waals surface area contributed by atoms with Crippen LogP contribution in [0.5, 0.6) is 5.75 Å². The number of rotatable bonds is 9. The van der Waals surface area contributed by atoms with Gasteiger partial charge in [0, 0.05) is 25.4 Å². The van der Waals surface area contributed by atoms with E-state index in [0.29, 0.717) is 13.1 Å². The zero-order valence-electron chi connectivity index (χ0n) is 15.2. The molecule has 4 nitrogen and oxygen atoms in total. The van der Waals surface area contributed by atoms with E-state index in [2.05, 4.69) is 5.32 Å². The first kappa shape index (κ1) is 23.3. The van der Waals surface area contributed by atoms with Gasteiger partial charge in [-0.15, -0.1) is 12.4 Å². The van der Waals surface area contributed by atoms with Crippen LogP contribution in [0.1, 0.15) is 24.0 Å². The van der Waals surface area contributed by atoms with Crippen molar-refractivity contribution in [3.05, 3.63) is 65.2 Å². The van der Waals surface area contributed by atoms with E-state index in [-0.39, 0.29) is 36.4 Å². The molecule has 1 N–H and O–H groups in total. The predicted molar refractivity (Wildman–Crippen MR) is 105 cm³/mol. The largest absolute Gasteiger partial charge is 0.489 e. The Bertz CT molecular complexity index is 829. The molecule has 0 fully saturated rings. The summed E-state index contributed by atoms with van der Waals surface area (Å²) >= 11 is 0. The quantitative estimate of drug-likeness (QED) is 0.629. The SMILES string of the molecule is C[C@@H](CS(C)(=O)=O)c1ccc(CNCCOc2ccc(F)cc2F)cc1.Cl. The lowest BCUT2D eigenvalue weighted by Gasteiger charge is -2.12. The zero-order valence-corrected chi connectivity index (χ0v) is 16.9. The van der Waals surface area contributed by atoms with E-state index in [0.717, 1.165) is 23.3 Å². The van der Waals surface area contributed by atoms with Crippen LogP contribution in [0.25, 0.3) is 0 Å². The summed E-state index contributed by atoms with van der Waals surface area (Å²) in [5, 5.41) is 3.17. The van der Waals surface area contributed by atoms with E-state index in [1.807, 2.05) is 31.2 Å². The molecule has 2 rings (SSSR count). The lowest BCUT2D eigenvalue weighted by atomic mass is 10.0. The third kappa shape index (κ3) is 8.24. The van der Waals surface area contributed by atoms with Crippen molar-refractivity contribution in [2.45, 2.75) is 19.4 Å². The Balaban J connectivity index is 0.00000364. The molecule has 0 aliphatic carbocycles. The molecule has 0 unspecified atom stereocenters. The Kier molecular flexibility index (Phi) is 9.15. The number of sulfone groups is 1. The summed E-state index contributed by atoms with van der Waals surface area (Å²) in [5.74, 6) is -1.25. The summed E-state index contributed by atoms with van der Waals surface area (Å²) in [5.41, 5.74) is 2.03. The van der Waals surface area contributed by atoms with Crippen LogP contribution in [0.3, 0.4) is 0 Å². The van der Waals surface area contributed by atoms with Crippen LogP contribution in [0.2, 0.25) is 0 Å². The first-order valence-corrected chi connectivity index (χ1v) is 10.4. The third-order valence-electron chi connectivity index (χ3n) is 3.86. The number of hydrogen-bond donors (Lipinski definition) is 1. The minimum Gasteiger partial charge on any atom is -0.489 e. The zero-order chi connectivity index (χ0) is 19.2. The summed E-state index contributed by atoms with van der Waals surface area (Å²) in [7, 11) is -3.00. The van der Waals surface area contributed by atoms with Gasteiger partial charge in [-0.2, -0.15) is 0 Å². The fourth-order valence-corrected chi connectivity index (χ4v) is 3.67. The summed E-state index contributed by atoms with van der Waals surface area (Å²) in [6.45, 7) is 3.26. The molecule has 1 atom stereocenters. The first-order valence-electron chi connectivity index (χ1n) is 8.30. The molecule has 8 heteroatoms. The molecule has 27 heavy (non-hydrogen) atoms. The van der Waals surface area contributed by atoms with Gasteiger partial charge >= 0.3 is 0 Å². The molecule has 0 radical (unpaired) electrons. The van der Waals surface area contributed by atoms with E-state index in [1.165, 1.54) is 12.3 Å². The van der Waals surface area contributed by atoms with Gasteiger partial charge in [-0.05, 0) is 29.2 Å². The van der Waals surface area contributed by atoms with Crippen molar-refractivity contribution in [1.29, 1.82) is 0 Å². The molecular weight excluding hydrogens is 396 g/mol. The van der Waals surface area contributed by atoms with Crippen molar-refractivity contribution in [1.82, 2.24) is 5.32 Å². The number of nitrogens with one attached hydrogen (secondary N) is 1. The van der Waals surface area contributed by atoms with Crippen molar-refractivity contribution in [2.24, 2.45) is 0 Å². The third-order valence-corrected chi connectivity index (χ3v) is 4.97. The smallest absolute Gasteiger partial charge is 0.167 e. The average Bonchev–Trinajstić information content (AvgIpc) is 2.55. The Labute approximate surface area is 165 Å². The van der Waals surface area contributed by atoms with Crippen LogP contribution in [-0.4, -0.2) is 33.6 Å². The monoisotopic (exact) mass is 419 g/mol. The standard InChI is InChI=1S/C19H23F2NO3S.ClH/c1-14(13-26(2,23)24)16-5-3-15(4-6-16)12-22-9-10-25-19-8-7-17(20)11-18(19)21;/h3-8,11,14,22H,9-10,12-13H2,1-2H3;1H/t14-;/m0./s1. The highest BCUT2D eigenvalue weighted by Crippen LogP contribution is 2.18. The van der Waals surface area contributed by atoms with Crippen LogP contribution >= 0.6 is 12.4 Å². The second kappa shape index (κ2) is 10.6. The fourth-order valence-electron chi connectivity index (χ4n) is 2.57. The predicted octanol–water partition coefficient (Wildman–Crippen LogP) is 3.70. The van der Waals surface area contributed by atoms with Crippen molar-refractivity contribution in [3.8, 4) is 5.75 Å². The van der Waals surface area contributed by atoms with Crippen molar-refractivity contribution >= 4 is 22.2 Å². The molecule has 0 aliphatic heterocycles. The maximum atomic E-state index is 13.4. The maximum absolute atomic E-state index is 13.4. The van der Waals surface area contributed by atoms with Crippen molar-refractivity contribution in [3.63, 3.8) is 0 Å². The minimum absolute atomic E-state index is 0. The molecule has 0 aliphatic rings. The van der Waals surface area contributed by atoms with Crippen LogP contribution in [0, 0.1) is 11.6 Å². The van der Waals surface area contributed by atoms with Gasteiger partial charge in [0.15, 0.2) is 11.6 Å². The minimum atomic E-state index is -3.00. The molecule has 0 saturated heterocycles. The van der Waals surface area contributed by atoms with Gasteiger partial charge in [0.1, 0.15) is 22.3 Å². The molecule has 0 aromatic heterocycles. The number of halogens is 3.